The monoisotopic (exact) mass is 262 g/mol. The Balaban J connectivity index is 2.35. The molecule has 102 valence electrons. The van der Waals surface area contributed by atoms with Gasteiger partial charge in [-0.1, -0.05) is 12.1 Å². The number of nitrogens with zero attached hydrogens (tertiary/aromatic N) is 1. The van der Waals surface area contributed by atoms with E-state index in [-0.39, 0.29) is 5.91 Å². The number of benzene rings is 1. The molecule has 0 saturated heterocycles. The van der Waals surface area contributed by atoms with E-state index in [0.29, 0.717) is 19.4 Å². The van der Waals surface area contributed by atoms with Crippen LogP contribution in [0, 0.1) is 0 Å². The number of aliphatic carboxylic acids is 1. The Morgan fingerprint density at radius 1 is 1.47 bits per heavy atom. The highest BCUT2D eigenvalue weighted by Gasteiger charge is 2.24. The number of nitrogens with one attached hydrogen (secondary N) is 1. The van der Waals surface area contributed by atoms with Crippen molar-refractivity contribution in [3.05, 3.63) is 29.3 Å². The van der Waals surface area contributed by atoms with Gasteiger partial charge in [-0.05, 0) is 30.7 Å². The predicted octanol–water partition coefficient (Wildman–Crippen LogP) is 0.983. The summed E-state index contributed by atoms with van der Waals surface area (Å²) in [7, 11) is 3.49. The summed E-state index contributed by atoms with van der Waals surface area (Å²) >= 11 is 0. The molecular weight excluding hydrogens is 244 g/mol. The fraction of sp³-hybridized carbons (Fsp3) is 0.429. The Kier molecular flexibility index (Phi) is 3.85. The third-order valence-corrected chi connectivity index (χ3v) is 3.56. The van der Waals surface area contributed by atoms with Crippen LogP contribution in [0.4, 0.5) is 5.69 Å². The third kappa shape index (κ3) is 2.61. The minimum absolute atomic E-state index is 0.102. The molecule has 1 aliphatic heterocycles. The Labute approximate surface area is 112 Å². The molecule has 0 saturated carbocycles. The van der Waals surface area contributed by atoms with E-state index >= 15 is 0 Å². The van der Waals surface area contributed by atoms with Crippen molar-refractivity contribution in [2.24, 2.45) is 0 Å². The summed E-state index contributed by atoms with van der Waals surface area (Å²) in [5.74, 6) is -1.29. The zero-order valence-electron chi connectivity index (χ0n) is 11.1. The van der Waals surface area contributed by atoms with Gasteiger partial charge in [-0.25, -0.2) is 0 Å². The molecule has 1 aromatic rings. The Morgan fingerprint density at radius 2 is 2.21 bits per heavy atom. The van der Waals surface area contributed by atoms with Crippen LogP contribution < -0.4 is 10.2 Å². The fourth-order valence-corrected chi connectivity index (χ4v) is 2.45. The molecule has 1 aromatic carbocycles. The summed E-state index contributed by atoms with van der Waals surface area (Å²) in [4.78, 5) is 24.5. The lowest BCUT2D eigenvalue weighted by molar-refractivity contribution is -0.138. The van der Waals surface area contributed by atoms with E-state index in [1.165, 1.54) is 0 Å². The molecular formula is C14H18N2O3. The molecule has 0 radical (unpaired) electrons. The smallest absolute Gasteiger partial charge is 0.312 e. The number of carboxylic acids is 1. The second-order valence-electron chi connectivity index (χ2n) is 4.79. The molecule has 1 heterocycles. The van der Waals surface area contributed by atoms with Crippen molar-refractivity contribution in [2.45, 2.75) is 18.8 Å². The van der Waals surface area contributed by atoms with E-state index in [4.69, 9.17) is 0 Å². The number of fused-ring (bicyclic) bond motifs is 1. The van der Waals surface area contributed by atoms with E-state index in [1.54, 1.807) is 25.1 Å². The number of aryl methyl sites for hydroxylation is 1. The molecule has 1 unspecified atom stereocenters. The van der Waals surface area contributed by atoms with Crippen molar-refractivity contribution in [2.75, 3.05) is 25.5 Å². The number of likely N-dealkylation sites (N-methyl/N-ethyl adjacent to an activating group) is 1. The fourth-order valence-electron chi connectivity index (χ4n) is 2.45. The summed E-state index contributed by atoms with van der Waals surface area (Å²) in [6, 6.07) is 5.55. The van der Waals surface area contributed by atoms with Crippen molar-refractivity contribution >= 4 is 17.6 Å². The Bertz CT molecular complexity index is 513. The average molecular weight is 262 g/mol. The zero-order valence-corrected chi connectivity index (χ0v) is 11.1. The quantitative estimate of drug-likeness (QED) is 0.848. The first kappa shape index (κ1) is 13.5. The van der Waals surface area contributed by atoms with Crippen molar-refractivity contribution in [3.8, 4) is 0 Å². The standard InChI is InChI=1S/C14H18N2O3/c1-15-8-11(14(18)19)9-3-5-12-10(7-9)4-6-13(17)16(12)2/h3,5,7,11,15H,4,6,8H2,1-2H3,(H,18,19). The van der Waals surface area contributed by atoms with Crippen molar-refractivity contribution < 1.29 is 14.7 Å². The first-order valence-electron chi connectivity index (χ1n) is 6.31. The molecule has 0 bridgehead atoms. The van der Waals surface area contributed by atoms with E-state index in [2.05, 4.69) is 5.32 Å². The minimum Gasteiger partial charge on any atom is -0.481 e. The maximum Gasteiger partial charge on any atom is 0.312 e. The van der Waals surface area contributed by atoms with Gasteiger partial charge in [-0.15, -0.1) is 0 Å². The molecule has 0 spiro atoms. The van der Waals surface area contributed by atoms with Crippen LogP contribution in [0.3, 0.4) is 0 Å². The second-order valence-corrected chi connectivity index (χ2v) is 4.79. The van der Waals surface area contributed by atoms with Gasteiger partial charge in [0, 0.05) is 25.7 Å². The number of carbonyl (C=O) groups is 2. The first-order valence-corrected chi connectivity index (χ1v) is 6.31. The molecule has 0 aromatic heterocycles. The number of amides is 1. The lowest BCUT2D eigenvalue weighted by Crippen LogP contribution is -2.31. The van der Waals surface area contributed by atoms with Gasteiger partial charge in [0.1, 0.15) is 0 Å². The van der Waals surface area contributed by atoms with Gasteiger partial charge in [-0.2, -0.15) is 0 Å². The summed E-state index contributed by atoms with van der Waals surface area (Å²) < 4.78 is 0. The molecule has 5 heteroatoms. The summed E-state index contributed by atoms with van der Waals surface area (Å²) in [6.07, 6.45) is 1.16. The molecule has 1 atom stereocenters. The van der Waals surface area contributed by atoms with Crippen LogP contribution in [-0.4, -0.2) is 37.6 Å². The summed E-state index contributed by atoms with van der Waals surface area (Å²) in [5, 5.41) is 12.1. The van der Waals surface area contributed by atoms with Crippen molar-refractivity contribution in [3.63, 3.8) is 0 Å². The maximum atomic E-state index is 11.6. The number of rotatable bonds is 4. The normalized spacial score (nSPS) is 16.1. The minimum atomic E-state index is -0.838. The van der Waals surface area contributed by atoms with E-state index in [9.17, 15) is 14.7 Å². The molecule has 2 N–H and O–H groups in total. The Morgan fingerprint density at radius 3 is 2.84 bits per heavy atom. The zero-order chi connectivity index (χ0) is 14.0. The highest BCUT2D eigenvalue weighted by atomic mass is 16.4. The van der Waals surface area contributed by atoms with Gasteiger partial charge in [0.25, 0.3) is 0 Å². The number of carbonyl (C=O) groups excluding carboxylic acids is 1. The number of anilines is 1. The molecule has 0 aliphatic carbocycles. The van der Waals surface area contributed by atoms with E-state index < -0.39 is 11.9 Å². The van der Waals surface area contributed by atoms with Gasteiger partial charge in [-0.3, -0.25) is 9.59 Å². The highest BCUT2D eigenvalue weighted by molar-refractivity contribution is 5.96. The number of hydrogen-bond acceptors (Lipinski definition) is 3. The molecule has 1 amide bonds. The Hall–Kier alpha value is -1.88. The van der Waals surface area contributed by atoms with Gasteiger partial charge in [0.15, 0.2) is 0 Å². The summed E-state index contributed by atoms with van der Waals surface area (Å²) in [6.45, 7) is 0.392. The lowest BCUT2D eigenvalue weighted by Gasteiger charge is -2.26. The number of carboxylic acid groups (broad SMARTS) is 1. The molecule has 2 rings (SSSR count). The third-order valence-electron chi connectivity index (χ3n) is 3.56. The maximum absolute atomic E-state index is 11.6. The van der Waals surface area contributed by atoms with Gasteiger partial charge in [0.05, 0.1) is 5.92 Å². The van der Waals surface area contributed by atoms with Crippen molar-refractivity contribution in [1.29, 1.82) is 0 Å². The average Bonchev–Trinajstić information content (AvgIpc) is 2.39. The van der Waals surface area contributed by atoms with Gasteiger partial charge >= 0.3 is 5.97 Å². The van der Waals surface area contributed by atoms with Gasteiger partial charge in [0.2, 0.25) is 5.91 Å². The SMILES string of the molecule is CNCC(C(=O)O)c1ccc2c(c1)CCC(=O)N2C. The van der Waals surface area contributed by atoms with Crippen LogP contribution in [0.25, 0.3) is 0 Å². The topological polar surface area (TPSA) is 69.6 Å². The predicted molar refractivity (Wildman–Crippen MR) is 72.5 cm³/mol. The van der Waals surface area contributed by atoms with Crippen LogP contribution in [0.2, 0.25) is 0 Å². The molecule has 1 aliphatic rings. The first-order chi connectivity index (χ1) is 9.04. The number of hydrogen-bond donors (Lipinski definition) is 2. The van der Waals surface area contributed by atoms with Crippen LogP contribution >= 0.6 is 0 Å². The lowest BCUT2D eigenvalue weighted by atomic mass is 9.93. The van der Waals surface area contributed by atoms with Crippen LogP contribution in [0.5, 0.6) is 0 Å². The van der Waals surface area contributed by atoms with Crippen LogP contribution in [0.15, 0.2) is 18.2 Å². The second kappa shape index (κ2) is 5.40. The van der Waals surface area contributed by atoms with E-state index in [0.717, 1.165) is 16.8 Å². The van der Waals surface area contributed by atoms with E-state index in [1.807, 2.05) is 12.1 Å². The van der Waals surface area contributed by atoms with Crippen LogP contribution in [-0.2, 0) is 16.0 Å². The van der Waals surface area contributed by atoms with Gasteiger partial charge < -0.3 is 15.3 Å². The highest BCUT2D eigenvalue weighted by Crippen LogP contribution is 2.29. The molecule has 0 fully saturated rings. The van der Waals surface area contributed by atoms with Crippen molar-refractivity contribution in [1.82, 2.24) is 5.32 Å². The summed E-state index contributed by atoms with van der Waals surface area (Å²) in [5.41, 5.74) is 2.71. The van der Waals surface area contributed by atoms with Crippen LogP contribution in [0.1, 0.15) is 23.5 Å². The largest absolute Gasteiger partial charge is 0.481 e. The molecule has 19 heavy (non-hydrogen) atoms. The molecule has 5 nitrogen and oxygen atoms in total.